The second-order valence-electron chi connectivity index (χ2n) is 7.91. The molecule has 0 aromatic heterocycles. The fourth-order valence-electron chi connectivity index (χ4n) is 4.43. The Balaban J connectivity index is 1.49. The van der Waals surface area contributed by atoms with Crippen LogP contribution in [0.1, 0.15) is 31.2 Å². The Morgan fingerprint density at radius 1 is 1.07 bits per heavy atom. The molecule has 6 heteroatoms. The van der Waals surface area contributed by atoms with Crippen LogP contribution in [0.3, 0.4) is 0 Å². The third-order valence-electron chi connectivity index (χ3n) is 5.84. The first-order valence-corrected chi connectivity index (χ1v) is 11.2. The second kappa shape index (κ2) is 9.42. The third-order valence-corrected chi connectivity index (χ3v) is 6.31. The Bertz CT molecular complexity index is 951. The first kappa shape index (κ1) is 21.2. The van der Waals surface area contributed by atoms with Gasteiger partial charge in [-0.25, -0.2) is 0 Å². The van der Waals surface area contributed by atoms with Crippen LogP contribution in [0, 0.1) is 5.92 Å². The number of ether oxygens (including phenoxy) is 1. The van der Waals surface area contributed by atoms with Crippen LogP contribution >= 0.6 is 23.2 Å². The van der Waals surface area contributed by atoms with Gasteiger partial charge in [0, 0.05) is 41.8 Å². The maximum atomic E-state index is 6.25. The zero-order valence-corrected chi connectivity index (χ0v) is 18.7. The number of anilines is 1. The van der Waals surface area contributed by atoms with E-state index < -0.39 is 0 Å². The maximum absolute atomic E-state index is 6.25. The fraction of sp³-hybridized carbons (Fsp3) is 0.375. The van der Waals surface area contributed by atoms with Gasteiger partial charge in [0.1, 0.15) is 11.6 Å². The predicted molar refractivity (Wildman–Crippen MR) is 126 cm³/mol. The lowest BCUT2D eigenvalue weighted by molar-refractivity contribution is 0.144. The molecular weight excluding hydrogens is 417 g/mol. The van der Waals surface area contributed by atoms with Crippen molar-refractivity contribution in [3.05, 3.63) is 70.3 Å². The van der Waals surface area contributed by atoms with Gasteiger partial charge in [-0.2, -0.15) is 0 Å². The molecule has 1 aliphatic heterocycles. The normalized spacial score (nSPS) is 22.4. The second-order valence-corrected chi connectivity index (χ2v) is 8.78. The largest absolute Gasteiger partial charge is 0.490 e. The molecule has 1 N–H and O–H groups in total. The monoisotopic (exact) mass is 443 g/mol. The van der Waals surface area contributed by atoms with Crippen molar-refractivity contribution in [2.75, 3.05) is 18.5 Å². The van der Waals surface area contributed by atoms with E-state index in [1.54, 1.807) is 0 Å². The van der Waals surface area contributed by atoms with E-state index in [0.29, 0.717) is 10.9 Å². The number of benzene rings is 2. The van der Waals surface area contributed by atoms with E-state index in [9.17, 15) is 0 Å². The molecule has 0 atom stereocenters. The molecule has 2 aliphatic rings. The first-order chi connectivity index (χ1) is 14.5. The number of amidine groups is 1. The van der Waals surface area contributed by atoms with Gasteiger partial charge in [0.2, 0.25) is 0 Å². The van der Waals surface area contributed by atoms with Crippen LogP contribution in [0.2, 0.25) is 10.0 Å². The Labute approximate surface area is 188 Å². The van der Waals surface area contributed by atoms with E-state index in [2.05, 4.69) is 22.9 Å². The minimum absolute atomic E-state index is 0.206. The molecule has 30 heavy (non-hydrogen) atoms. The predicted octanol–water partition coefficient (Wildman–Crippen LogP) is 6.08. The van der Waals surface area contributed by atoms with Crippen LogP contribution in [0.5, 0.6) is 5.75 Å². The summed E-state index contributed by atoms with van der Waals surface area (Å²) in [6.45, 7) is 5.82. The van der Waals surface area contributed by atoms with Gasteiger partial charge in [-0.15, -0.1) is 0 Å². The highest BCUT2D eigenvalue weighted by Gasteiger charge is 2.31. The summed E-state index contributed by atoms with van der Waals surface area (Å²) in [6.07, 6.45) is 4.23. The van der Waals surface area contributed by atoms with E-state index in [1.807, 2.05) is 43.4 Å². The maximum Gasteiger partial charge on any atom is 0.121 e. The minimum atomic E-state index is 0.206. The summed E-state index contributed by atoms with van der Waals surface area (Å²) < 4.78 is 6.17. The van der Waals surface area contributed by atoms with E-state index >= 15 is 0 Å². The number of nitrogens with one attached hydrogen (secondary N) is 1. The summed E-state index contributed by atoms with van der Waals surface area (Å²) in [7, 11) is 1.88. The summed E-state index contributed by atoms with van der Waals surface area (Å²) in [6, 6.07) is 13.7. The van der Waals surface area contributed by atoms with Crippen molar-refractivity contribution in [3.63, 3.8) is 0 Å². The lowest BCUT2D eigenvalue weighted by Gasteiger charge is -2.36. The lowest BCUT2D eigenvalue weighted by Crippen LogP contribution is -2.39. The van der Waals surface area contributed by atoms with Crippen molar-refractivity contribution in [2.24, 2.45) is 10.9 Å². The first-order valence-electron chi connectivity index (χ1n) is 10.4. The Kier molecular flexibility index (Phi) is 6.67. The molecule has 2 aromatic carbocycles. The Hall–Kier alpha value is -2.01. The third kappa shape index (κ3) is 4.66. The fourth-order valence-corrected chi connectivity index (χ4v) is 4.80. The van der Waals surface area contributed by atoms with Crippen molar-refractivity contribution >= 4 is 34.7 Å². The zero-order valence-electron chi connectivity index (χ0n) is 17.2. The van der Waals surface area contributed by atoms with E-state index in [1.165, 1.54) is 5.56 Å². The molecule has 0 saturated heterocycles. The van der Waals surface area contributed by atoms with Gasteiger partial charge in [-0.05, 0) is 67.6 Å². The van der Waals surface area contributed by atoms with Crippen LogP contribution in [0.4, 0.5) is 5.69 Å². The minimum Gasteiger partial charge on any atom is -0.490 e. The molecule has 0 bridgehead atoms. The van der Waals surface area contributed by atoms with Gasteiger partial charge in [0.05, 0.1) is 11.8 Å². The average molecular weight is 444 g/mol. The molecule has 2 aromatic rings. The number of fused-ring (bicyclic) bond motifs is 1. The van der Waals surface area contributed by atoms with Crippen LogP contribution in [-0.2, 0) is 6.54 Å². The summed E-state index contributed by atoms with van der Waals surface area (Å²) >= 11 is 12.3. The van der Waals surface area contributed by atoms with Crippen LogP contribution in [-0.4, -0.2) is 25.5 Å². The van der Waals surface area contributed by atoms with Gasteiger partial charge in [-0.3, -0.25) is 4.99 Å². The summed E-state index contributed by atoms with van der Waals surface area (Å²) in [5.74, 6) is 2.29. The molecular formula is C24H27Cl2N3O. The standard InChI is InChI=1S/C24H27Cl2N3O/c1-16-14-28-15-18-12-20(26)8-11-23(18)29(16)24(27-2)17-6-9-21(10-7-17)30-22-5-3-4-19(25)13-22/h3-5,8,11-13,17,21,28H,1,6-7,9-10,14-15H2,2H3. The molecule has 4 nitrogen and oxygen atoms in total. The van der Waals surface area contributed by atoms with Gasteiger partial charge in [0.15, 0.2) is 0 Å². The molecule has 1 saturated carbocycles. The summed E-state index contributed by atoms with van der Waals surface area (Å²) in [5, 5.41) is 4.89. The topological polar surface area (TPSA) is 36.9 Å². The average Bonchev–Trinajstić information content (AvgIpc) is 2.88. The highest BCUT2D eigenvalue weighted by Crippen LogP contribution is 2.35. The molecule has 0 amide bonds. The summed E-state index contributed by atoms with van der Waals surface area (Å²) in [4.78, 5) is 6.96. The van der Waals surface area contributed by atoms with Crippen molar-refractivity contribution < 1.29 is 4.74 Å². The van der Waals surface area contributed by atoms with Crippen LogP contribution in [0.25, 0.3) is 0 Å². The van der Waals surface area contributed by atoms with Gasteiger partial charge in [-0.1, -0.05) is 35.8 Å². The van der Waals surface area contributed by atoms with Crippen LogP contribution < -0.4 is 15.0 Å². The highest BCUT2D eigenvalue weighted by atomic mass is 35.5. The molecule has 1 fully saturated rings. The Morgan fingerprint density at radius 3 is 2.57 bits per heavy atom. The van der Waals surface area contributed by atoms with Crippen molar-refractivity contribution in [2.45, 2.75) is 38.3 Å². The number of rotatable bonds is 3. The molecule has 4 rings (SSSR count). The number of hydrogen-bond acceptors (Lipinski definition) is 3. The van der Waals surface area contributed by atoms with Gasteiger partial charge in [0.25, 0.3) is 0 Å². The van der Waals surface area contributed by atoms with E-state index in [-0.39, 0.29) is 6.10 Å². The number of aliphatic imine (C=N–C) groups is 1. The summed E-state index contributed by atoms with van der Waals surface area (Å²) in [5.41, 5.74) is 3.29. The molecule has 1 aliphatic carbocycles. The van der Waals surface area contributed by atoms with Gasteiger partial charge < -0.3 is 15.0 Å². The number of halogens is 2. The van der Waals surface area contributed by atoms with Crippen LogP contribution in [0.15, 0.2) is 59.7 Å². The SMILES string of the molecule is C=C1CNCc2cc(Cl)ccc2N1C(=NC)C1CCC(Oc2cccc(Cl)c2)CC1. The highest BCUT2D eigenvalue weighted by molar-refractivity contribution is 6.31. The quantitative estimate of drug-likeness (QED) is 0.460. The van der Waals surface area contributed by atoms with Crippen molar-refractivity contribution in [1.29, 1.82) is 0 Å². The smallest absolute Gasteiger partial charge is 0.121 e. The van der Waals surface area contributed by atoms with Crippen molar-refractivity contribution in [3.8, 4) is 5.75 Å². The molecule has 1 heterocycles. The zero-order chi connectivity index (χ0) is 21.1. The van der Waals surface area contributed by atoms with Crippen molar-refractivity contribution in [1.82, 2.24) is 5.32 Å². The molecule has 0 spiro atoms. The Morgan fingerprint density at radius 2 is 1.83 bits per heavy atom. The van der Waals surface area contributed by atoms with E-state index in [4.69, 9.17) is 32.9 Å². The van der Waals surface area contributed by atoms with Gasteiger partial charge >= 0.3 is 0 Å². The molecule has 0 radical (unpaired) electrons. The number of nitrogens with zero attached hydrogens (tertiary/aromatic N) is 2. The molecule has 0 unspecified atom stereocenters. The lowest BCUT2D eigenvalue weighted by atomic mass is 9.85. The molecule has 158 valence electrons. The van der Waals surface area contributed by atoms with E-state index in [0.717, 1.165) is 66.8 Å². The number of hydrogen-bond donors (Lipinski definition) is 1.